The Bertz CT molecular complexity index is 265. The second kappa shape index (κ2) is 7.10. The third kappa shape index (κ3) is 3.69. The van der Waals surface area contributed by atoms with E-state index in [2.05, 4.69) is 12.2 Å². The first kappa shape index (κ1) is 13.8. The number of amides is 1. The van der Waals surface area contributed by atoms with Crippen molar-refractivity contribution in [2.75, 3.05) is 26.2 Å². The molecule has 0 spiro atoms. The molecule has 0 saturated carbocycles. The molecule has 4 heteroatoms. The van der Waals surface area contributed by atoms with Crippen molar-refractivity contribution in [2.24, 2.45) is 0 Å². The van der Waals surface area contributed by atoms with Gasteiger partial charge < -0.3 is 15.0 Å². The van der Waals surface area contributed by atoms with Gasteiger partial charge in [-0.2, -0.15) is 0 Å². The molecule has 18 heavy (non-hydrogen) atoms. The molecular formula is C14H26N2O2. The predicted octanol–water partition coefficient (Wildman–Crippen LogP) is 1.55. The van der Waals surface area contributed by atoms with Crippen LogP contribution in [0.3, 0.4) is 0 Å². The lowest BCUT2D eigenvalue weighted by Gasteiger charge is -2.24. The predicted molar refractivity (Wildman–Crippen MR) is 71.5 cm³/mol. The Morgan fingerprint density at radius 1 is 1.28 bits per heavy atom. The lowest BCUT2D eigenvalue weighted by molar-refractivity contribution is -0.133. The van der Waals surface area contributed by atoms with Crippen molar-refractivity contribution < 1.29 is 9.53 Å². The fraction of sp³-hybridized carbons (Fsp3) is 0.929. The van der Waals surface area contributed by atoms with Crippen molar-refractivity contribution in [2.45, 2.75) is 57.6 Å². The molecule has 2 rings (SSSR count). The van der Waals surface area contributed by atoms with Crippen LogP contribution in [-0.4, -0.2) is 49.2 Å². The zero-order chi connectivity index (χ0) is 12.8. The average molecular weight is 254 g/mol. The number of carbonyl (C=O) groups is 1. The Morgan fingerprint density at radius 2 is 2.17 bits per heavy atom. The van der Waals surface area contributed by atoms with Crippen LogP contribution in [0.1, 0.15) is 45.4 Å². The molecular weight excluding hydrogens is 228 g/mol. The molecule has 2 saturated heterocycles. The number of hydrogen-bond acceptors (Lipinski definition) is 3. The molecule has 2 fully saturated rings. The van der Waals surface area contributed by atoms with E-state index in [-0.39, 0.29) is 6.04 Å². The largest absolute Gasteiger partial charge is 0.378 e. The van der Waals surface area contributed by atoms with E-state index in [9.17, 15) is 4.79 Å². The molecule has 0 radical (unpaired) electrons. The van der Waals surface area contributed by atoms with Crippen LogP contribution >= 0.6 is 0 Å². The molecule has 2 aliphatic rings. The SMILES string of the molecule is CCCOC1CCCN(C(=O)C2CCCN2)CC1. The van der Waals surface area contributed by atoms with Crippen LogP contribution in [0.5, 0.6) is 0 Å². The van der Waals surface area contributed by atoms with E-state index < -0.39 is 0 Å². The first-order chi connectivity index (χ1) is 8.81. The quantitative estimate of drug-likeness (QED) is 0.827. The molecule has 2 aliphatic heterocycles. The van der Waals surface area contributed by atoms with Gasteiger partial charge in [0.25, 0.3) is 0 Å². The van der Waals surface area contributed by atoms with Crippen LogP contribution in [0, 0.1) is 0 Å². The summed E-state index contributed by atoms with van der Waals surface area (Å²) in [6.07, 6.45) is 6.75. The van der Waals surface area contributed by atoms with Crippen molar-refractivity contribution in [3.8, 4) is 0 Å². The lowest BCUT2D eigenvalue weighted by atomic mass is 10.1. The van der Waals surface area contributed by atoms with Crippen molar-refractivity contribution in [1.29, 1.82) is 0 Å². The van der Waals surface area contributed by atoms with E-state index >= 15 is 0 Å². The third-order valence-corrected chi connectivity index (χ3v) is 3.90. The molecule has 0 aromatic rings. The number of hydrogen-bond donors (Lipinski definition) is 1. The van der Waals surface area contributed by atoms with Gasteiger partial charge in [0.05, 0.1) is 12.1 Å². The van der Waals surface area contributed by atoms with Crippen LogP contribution < -0.4 is 5.32 Å². The van der Waals surface area contributed by atoms with Crippen LogP contribution in [0.25, 0.3) is 0 Å². The summed E-state index contributed by atoms with van der Waals surface area (Å²) in [7, 11) is 0. The Hall–Kier alpha value is -0.610. The van der Waals surface area contributed by atoms with E-state index in [0.717, 1.165) is 64.8 Å². The summed E-state index contributed by atoms with van der Waals surface area (Å²) < 4.78 is 5.81. The Morgan fingerprint density at radius 3 is 2.89 bits per heavy atom. The van der Waals surface area contributed by atoms with Crippen LogP contribution in [0.15, 0.2) is 0 Å². The van der Waals surface area contributed by atoms with E-state index in [1.807, 2.05) is 4.90 Å². The van der Waals surface area contributed by atoms with Gasteiger partial charge in [-0.3, -0.25) is 4.79 Å². The third-order valence-electron chi connectivity index (χ3n) is 3.90. The minimum absolute atomic E-state index is 0.0816. The summed E-state index contributed by atoms with van der Waals surface area (Å²) in [6.45, 7) is 5.75. The molecule has 4 nitrogen and oxygen atoms in total. The van der Waals surface area contributed by atoms with Crippen LogP contribution in [0.4, 0.5) is 0 Å². The van der Waals surface area contributed by atoms with E-state index in [1.165, 1.54) is 0 Å². The number of ether oxygens (including phenoxy) is 1. The second-order valence-electron chi connectivity index (χ2n) is 5.40. The van der Waals surface area contributed by atoms with Gasteiger partial charge in [-0.25, -0.2) is 0 Å². The highest BCUT2D eigenvalue weighted by atomic mass is 16.5. The smallest absolute Gasteiger partial charge is 0.239 e. The average Bonchev–Trinajstić information content (AvgIpc) is 2.82. The van der Waals surface area contributed by atoms with E-state index in [1.54, 1.807) is 0 Å². The number of likely N-dealkylation sites (tertiary alicyclic amines) is 1. The lowest BCUT2D eigenvalue weighted by Crippen LogP contribution is -2.44. The molecule has 2 atom stereocenters. The molecule has 0 aliphatic carbocycles. The van der Waals surface area contributed by atoms with Gasteiger partial charge in [-0.05, 0) is 45.1 Å². The molecule has 2 heterocycles. The van der Waals surface area contributed by atoms with Gasteiger partial charge in [0, 0.05) is 19.7 Å². The van der Waals surface area contributed by atoms with Gasteiger partial charge in [-0.15, -0.1) is 0 Å². The van der Waals surface area contributed by atoms with Crippen LogP contribution in [-0.2, 0) is 9.53 Å². The summed E-state index contributed by atoms with van der Waals surface area (Å²) >= 11 is 0. The molecule has 1 N–H and O–H groups in total. The monoisotopic (exact) mass is 254 g/mol. The maximum Gasteiger partial charge on any atom is 0.239 e. The summed E-state index contributed by atoms with van der Waals surface area (Å²) in [5, 5.41) is 3.30. The van der Waals surface area contributed by atoms with Gasteiger partial charge >= 0.3 is 0 Å². The highest BCUT2D eigenvalue weighted by molar-refractivity contribution is 5.82. The zero-order valence-electron chi connectivity index (χ0n) is 11.5. The van der Waals surface area contributed by atoms with Gasteiger partial charge in [0.1, 0.15) is 0 Å². The van der Waals surface area contributed by atoms with Crippen molar-refractivity contribution in [3.63, 3.8) is 0 Å². The first-order valence-electron chi connectivity index (χ1n) is 7.45. The normalized spacial score (nSPS) is 29.3. The zero-order valence-corrected chi connectivity index (χ0v) is 11.5. The minimum Gasteiger partial charge on any atom is -0.378 e. The first-order valence-corrected chi connectivity index (χ1v) is 7.45. The second-order valence-corrected chi connectivity index (χ2v) is 5.40. The number of nitrogens with zero attached hydrogens (tertiary/aromatic N) is 1. The van der Waals surface area contributed by atoms with Gasteiger partial charge in [0.2, 0.25) is 5.91 Å². The summed E-state index contributed by atoms with van der Waals surface area (Å²) in [5.74, 6) is 0.309. The summed E-state index contributed by atoms with van der Waals surface area (Å²) in [5.41, 5.74) is 0. The number of carbonyl (C=O) groups excluding carboxylic acids is 1. The maximum atomic E-state index is 12.3. The Labute approximate surface area is 110 Å². The molecule has 0 bridgehead atoms. The molecule has 0 aromatic heterocycles. The van der Waals surface area contributed by atoms with Crippen molar-refractivity contribution >= 4 is 5.91 Å². The fourth-order valence-corrected chi connectivity index (χ4v) is 2.85. The standard InChI is InChI=1S/C14H26N2O2/c1-2-11-18-12-5-4-9-16(10-7-12)14(17)13-6-3-8-15-13/h12-13,15H,2-11H2,1H3. The van der Waals surface area contributed by atoms with Crippen molar-refractivity contribution in [1.82, 2.24) is 10.2 Å². The summed E-state index contributed by atoms with van der Waals surface area (Å²) in [6, 6.07) is 0.0816. The summed E-state index contributed by atoms with van der Waals surface area (Å²) in [4.78, 5) is 14.3. The van der Waals surface area contributed by atoms with Gasteiger partial charge in [0.15, 0.2) is 0 Å². The van der Waals surface area contributed by atoms with E-state index in [4.69, 9.17) is 4.74 Å². The fourth-order valence-electron chi connectivity index (χ4n) is 2.85. The molecule has 2 unspecified atom stereocenters. The molecule has 1 amide bonds. The molecule has 0 aromatic carbocycles. The number of nitrogens with one attached hydrogen (secondary N) is 1. The minimum atomic E-state index is 0.0816. The highest BCUT2D eigenvalue weighted by Crippen LogP contribution is 2.17. The van der Waals surface area contributed by atoms with Crippen molar-refractivity contribution in [3.05, 3.63) is 0 Å². The Balaban J connectivity index is 1.78. The molecule has 104 valence electrons. The number of rotatable bonds is 4. The maximum absolute atomic E-state index is 12.3. The van der Waals surface area contributed by atoms with E-state index in [0.29, 0.717) is 12.0 Å². The van der Waals surface area contributed by atoms with Crippen LogP contribution in [0.2, 0.25) is 0 Å². The highest BCUT2D eigenvalue weighted by Gasteiger charge is 2.28. The Kier molecular flexibility index (Phi) is 5.45. The topological polar surface area (TPSA) is 41.6 Å². The van der Waals surface area contributed by atoms with Gasteiger partial charge in [-0.1, -0.05) is 6.92 Å².